The van der Waals surface area contributed by atoms with Crippen LogP contribution < -0.4 is 5.32 Å². The lowest BCUT2D eigenvalue weighted by atomic mass is 9.95. The van der Waals surface area contributed by atoms with Crippen LogP contribution in [-0.2, 0) is 0 Å². The summed E-state index contributed by atoms with van der Waals surface area (Å²) in [5.41, 5.74) is 1.15. The molecule has 1 saturated carbocycles. The highest BCUT2D eigenvalue weighted by Crippen LogP contribution is 2.23. The molecule has 1 fully saturated rings. The van der Waals surface area contributed by atoms with Gasteiger partial charge in [0.25, 0.3) is 0 Å². The molecular formula is C12H20N2S. The predicted octanol–water partition coefficient (Wildman–Crippen LogP) is 3.43. The smallest absolute Gasteiger partial charge is 0.110 e. The normalized spacial score (nSPS) is 20.4. The second-order valence-corrected chi connectivity index (χ2v) is 5.44. The standard InChI is InChI=1S/C12H20N2S/c1-9-8-15-12(13-9)10(2)14-11-6-4-3-5-7-11/h8,10-11,14H,3-7H2,1-2H3. The molecule has 0 spiro atoms. The fraction of sp³-hybridized carbons (Fsp3) is 0.750. The van der Waals surface area contributed by atoms with E-state index in [2.05, 4.69) is 29.5 Å². The first-order chi connectivity index (χ1) is 7.25. The lowest BCUT2D eigenvalue weighted by molar-refractivity contribution is 0.346. The number of rotatable bonds is 3. The van der Waals surface area contributed by atoms with Crippen molar-refractivity contribution in [2.75, 3.05) is 0 Å². The Kier molecular flexibility index (Phi) is 3.76. The minimum absolute atomic E-state index is 0.423. The number of nitrogens with one attached hydrogen (secondary N) is 1. The van der Waals surface area contributed by atoms with Gasteiger partial charge in [0.2, 0.25) is 0 Å². The van der Waals surface area contributed by atoms with Gasteiger partial charge >= 0.3 is 0 Å². The van der Waals surface area contributed by atoms with Gasteiger partial charge in [-0.2, -0.15) is 0 Å². The highest BCUT2D eigenvalue weighted by Gasteiger charge is 2.17. The van der Waals surface area contributed by atoms with Crippen LogP contribution in [0.25, 0.3) is 0 Å². The molecule has 1 N–H and O–H groups in total. The molecule has 0 saturated heterocycles. The zero-order valence-electron chi connectivity index (χ0n) is 9.62. The van der Waals surface area contributed by atoms with Gasteiger partial charge in [-0.3, -0.25) is 0 Å². The van der Waals surface area contributed by atoms with E-state index in [0.29, 0.717) is 6.04 Å². The number of thiazole rings is 1. The lowest BCUT2D eigenvalue weighted by Gasteiger charge is -2.25. The van der Waals surface area contributed by atoms with Crippen molar-refractivity contribution in [2.24, 2.45) is 0 Å². The van der Waals surface area contributed by atoms with Crippen LogP contribution >= 0.6 is 11.3 Å². The Morgan fingerprint density at radius 3 is 2.73 bits per heavy atom. The largest absolute Gasteiger partial charge is 0.305 e. The molecule has 1 unspecified atom stereocenters. The fourth-order valence-corrected chi connectivity index (χ4v) is 3.08. The van der Waals surface area contributed by atoms with E-state index < -0.39 is 0 Å². The van der Waals surface area contributed by atoms with Crippen LogP contribution in [0.1, 0.15) is 55.8 Å². The Hall–Kier alpha value is -0.410. The van der Waals surface area contributed by atoms with Crippen LogP contribution in [0.5, 0.6) is 0 Å². The molecular weight excluding hydrogens is 204 g/mol. The third-order valence-corrected chi connectivity index (χ3v) is 4.24. The molecule has 1 aromatic rings. The number of hydrogen-bond acceptors (Lipinski definition) is 3. The van der Waals surface area contributed by atoms with Crippen molar-refractivity contribution in [3.63, 3.8) is 0 Å². The van der Waals surface area contributed by atoms with Crippen molar-refractivity contribution >= 4 is 11.3 Å². The first-order valence-electron chi connectivity index (χ1n) is 5.94. The van der Waals surface area contributed by atoms with Crippen molar-refractivity contribution in [2.45, 2.75) is 58.0 Å². The lowest BCUT2D eigenvalue weighted by Crippen LogP contribution is -2.33. The summed E-state index contributed by atoms with van der Waals surface area (Å²) in [6.45, 7) is 4.29. The Morgan fingerprint density at radius 2 is 2.13 bits per heavy atom. The van der Waals surface area contributed by atoms with E-state index in [0.717, 1.165) is 11.7 Å². The summed E-state index contributed by atoms with van der Waals surface area (Å²) in [5, 5.41) is 7.06. The van der Waals surface area contributed by atoms with Crippen LogP contribution in [0.3, 0.4) is 0 Å². The molecule has 0 bridgehead atoms. The maximum absolute atomic E-state index is 4.53. The summed E-state index contributed by atoms with van der Waals surface area (Å²) >= 11 is 1.77. The van der Waals surface area contributed by atoms with Crippen molar-refractivity contribution < 1.29 is 0 Å². The molecule has 84 valence electrons. The number of aromatic nitrogens is 1. The van der Waals surface area contributed by atoms with Gasteiger partial charge in [-0.25, -0.2) is 4.98 Å². The van der Waals surface area contributed by atoms with Gasteiger partial charge in [-0.1, -0.05) is 19.3 Å². The molecule has 0 aliphatic heterocycles. The van der Waals surface area contributed by atoms with Crippen molar-refractivity contribution in [3.8, 4) is 0 Å². The second-order valence-electron chi connectivity index (χ2n) is 4.55. The summed E-state index contributed by atoms with van der Waals surface area (Å²) < 4.78 is 0. The van der Waals surface area contributed by atoms with E-state index >= 15 is 0 Å². The van der Waals surface area contributed by atoms with E-state index in [9.17, 15) is 0 Å². The number of aryl methyl sites for hydroxylation is 1. The van der Waals surface area contributed by atoms with E-state index in [4.69, 9.17) is 0 Å². The highest BCUT2D eigenvalue weighted by molar-refractivity contribution is 7.09. The average Bonchev–Trinajstić information content (AvgIpc) is 2.66. The quantitative estimate of drug-likeness (QED) is 0.850. The summed E-state index contributed by atoms with van der Waals surface area (Å²) in [6.07, 6.45) is 6.88. The van der Waals surface area contributed by atoms with Gasteiger partial charge in [-0.15, -0.1) is 11.3 Å². The Balaban J connectivity index is 1.88. The maximum atomic E-state index is 4.53. The second kappa shape index (κ2) is 5.08. The molecule has 0 aromatic carbocycles. The number of hydrogen-bond donors (Lipinski definition) is 1. The van der Waals surface area contributed by atoms with E-state index in [1.54, 1.807) is 11.3 Å². The molecule has 1 aliphatic rings. The van der Waals surface area contributed by atoms with Crippen LogP contribution in [0, 0.1) is 6.92 Å². The minimum Gasteiger partial charge on any atom is -0.305 e. The Bertz CT molecular complexity index is 302. The van der Waals surface area contributed by atoms with Crippen molar-refractivity contribution in [3.05, 3.63) is 16.1 Å². The van der Waals surface area contributed by atoms with Crippen LogP contribution in [0.15, 0.2) is 5.38 Å². The molecule has 15 heavy (non-hydrogen) atoms. The Labute approximate surface area is 96.1 Å². The van der Waals surface area contributed by atoms with Gasteiger partial charge < -0.3 is 5.32 Å². The third-order valence-electron chi connectivity index (χ3n) is 3.10. The average molecular weight is 224 g/mol. The first-order valence-corrected chi connectivity index (χ1v) is 6.82. The monoisotopic (exact) mass is 224 g/mol. The summed E-state index contributed by atoms with van der Waals surface area (Å²) in [7, 11) is 0. The molecule has 1 aliphatic carbocycles. The summed E-state index contributed by atoms with van der Waals surface area (Å²) in [6, 6.07) is 1.14. The molecule has 1 aromatic heterocycles. The molecule has 1 atom stereocenters. The van der Waals surface area contributed by atoms with Crippen molar-refractivity contribution in [1.82, 2.24) is 10.3 Å². The van der Waals surface area contributed by atoms with Crippen molar-refractivity contribution in [1.29, 1.82) is 0 Å². The van der Waals surface area contributed by atoms with E-state index in [1.807, 2.05) is 0 Å². The van der Waals surface area contributed by atoms with Gasteiger partial charge in [-0.05, 0) is 26.7 Å². The fourth-order valence-electron chi connectivity index (χ4n) is 2.27. The van der Waals surface area contributed by atoms with E-state index in [-0.39, 0.29) is 0 Å². The van der Waals surface area contributed by atoms with Gasteiger partial charge in [0, 0.05) is 17.1 Å². The molecule has 3 heteroatoms. The zero-order chi connectivity index (χ0) is 10.7. The zero-order valence-corrected chi connectivity index (χ0v) is 10.4. The molecule has 0 radical (unpaired) electrons. The third kappa shape index (κ3) is 3.02. The molecule has 2 rings (SSSR count). The molecule has 1 heterocycles. The van der Waals surface area contributed by atoms with Crippen LogP contribution in [0.2, 0.25) is 0 Å². The molecule has 2 nitrogen and oxygen atoms in total. The highest BCUT2D eigenvalue weighted by atomic mass is 32.1. The topological polar surface area (TPSA) is 24.9 Å². The summed E-state index contributed by atoms with van der Waals surface area (Å²) in [4.78, 5) is 4.53. The van der Waals surface area contributed by atoms with Gasteiger partial charge in [0.05, 0.1) is 6.04 Å². The van der Waals surface area contributed by atoms with Crippen LogP contribution in [-0.4, -0.2) is 11.0 Å². The summed E-state index contributed by atoms with van der Waals surface area (Å²) in [5.74, 6) is 0. The minimum atomic E-state index is 0.423. The van der Waals surface area contributed by atoms with Gasteiger partial charge in [0.1, 0.15) is 5.01 Å². The van der Waals surface area contributed by atoms with Gasteiger partial charge in [0.15, 0.2) is 0 Å². The molecule has 0 amide bonds. The maximum Gasteiger partial charge on any atom is 0.110 e. The predicted molar refractivity (Wildman–Crippen MR) is 65.3 cm³/mol. The first kappa shape index (κ1) is 11.1. The number of nitrogens with zero attached hydrogens (tertiary/aromatic N) is 1. The SMILES string of the molecule is Cc1csc(C(C)NC2CCCCC2)n1. The van der Waals surface area contributed by atoms with E-state index in [1.165, 1.54) is 37.1 Å². The Morgan fingerprint density at radius 1 is 1.40 bits per heavy atom. The van der Waals surface area contributed by atoms with Crippen LogP contribution in [0.4, 0.5) is 0 Å².